The predicted octanol–water partition coefficient (Wildman–Crippen LogP) is 4.03. The summed E-state index contributed by atoms with van der Waals surface area (Å²) in [5.74, 6) is 0. The maximum absolute atomic E-state index is 5.81. The molecule has 0 atom stereocenters. The molecule has 2 heteroatoms. The monoisotopic (exact) mass is 239 g/mol. The van der Waals surface area contributed by atoms with Gasteiger partial charge in [0.25, 0.3) is 0 Å². The van der Waals surface area contributed by atoms with Crippen LogP contribution in [0.1, 0.15) is 5.56 Å². The number of fused-ring (bicyclic) bond motifs is 1. The summed E-state index contributed by atoms with van der Waals surface area (Å²) < 4.78 is 1.34. The minimum Gasteiger partial charge on any atom is -0.326 e. The first-order valence-electron chi connectivity index (χ1n) is 5.65. The van der Waals surface area contributed by atoms with E-state index < -0.39 is 0 Å². The van der Waals surface area contributed by atoms with Gasteiger partial charge < -0.3 is 5.73 Å². The summed E-state index contributed by atoms with van der Waals surface area (Å²) in [6.07, 6.45) is 0. The molecule has 0 amide bonds. The normalized spacial score (nSPS) is 10.9. The Kier molecular flexibility index (Phi) is 2.67. The van der Waals surface area contributed by atoms with Crippen molar-refractivity contribution >= 4 is 21.4 Å². The van der Waals surface area contributed by atoms with E-state index in [-0.39, 0.29) is 0 Å². The van der Waals surface area contributed by atoms with Gasteiger partial charge in [-0.3, -0.25) is 0 Å². The first kappa shape index (κ1) is 10.5. The van der Waals surface area contributed by atoms with Gasteiger partial charge in [-0.1, -0.05) is 42.5 Å². The van der Waals surface area contributed by atoms with Crippen molar-refractivity contribution in [2.45, 2.75) is 6.54 Å². The largest absolute Gasteiger partial charge is 0.326 e. The van der Waals surface area contributed by atoms with Gasteiger partial charge in [0.15, 0.2) is 0 Å². The highest BCUT2D eigenvalue weighted by Gasteiger charge is 2.07. The lowest BCUT2D eigenvalue weighted by atomic mass is 9.99. The molecule has 0 saturated carbocycles. The zero-order valence-electron chi connectivity index (χ0n) is 9.39. The van der Waals surface area contributed by atoms with Crippen LogP contribution in [0.2, 0.25) is 0 Å². The third-order valence-electron chi connectivity index (χ3n) is 3.01. The van der Waals surface area contributed by atoms with Crippen molar-refractivity contribution in [1.29, 1.82) is 0 Å². The molecule has 0 aliphatic heterocycles. The molecule has 0 radical (unpaired) electrons. The molecular formula is C15H13NS. The number of thiophene rings is 1. The van der Waals surface area contributed by atoms with Crippen molar-refractivity contribution in [2.75, 3.05) is 0 Å². The summed E-state index contributed by atoms with van der Waals surface area (Å²) in [5.41, 5.74) is 9.56. The van der Waals surface area contributed by atoms with E-state index in [0.717, 1.165) is 0 Å². The van der Waals surface area contributed by atoms with Crippen LogP contribution in [-0.2, 0) is 6.54 Å². The van der Waals surface area contributed by atoms with Crippen LogP contribution >= 0.6 is 11.3 Å². The van der Waals surface area contributed by atoms with E-state index in [0.29, 0.717) is 6.54 Å². The summed E-state index contributed by atoms with van der Waals surface area (Å²) in [5, 5.41) is 3.44. The molecule has 17 heavy (non-hydrogen) atoms. The van der Waals surface area contributed by atoms with E-state index in [1.807, 2.05) is 6.07 Å². The third-order valence-corrected chi connectivity index (χ3v) is 3.97. The van der Waals surface area contributed by atoms with Crippen LogP contribution in [0.4, 0.5) is 0 Å². The summed E-state index contributed by atoms with van der Waals surface area (Å²) in [7, 11) is 0. The smallest absolute Gasteiger partial charge is 0.0421 e. The van der Waals surface area contributed by atoms with Crippen molar-refractivity contribution < 1.29 is 0 Å². The zero-order chi connectivity index (χ0) is 11.7. The van der Waals surface area contributed by atoms with Crippen molar-refractivity contribution in [2.24, 2.45) is 5.73 Å². The molecule has 0 bridgehead atoms. The van der Waals surface area contributed by atoms with Gasteiger partial charge in [-0.05, 0) is 33.5 Å². The SMILES string of the molecule is NCc1ccccc1-c1cccc2ccsc12. The minimum absolute atomic E-state index is 0.581. The Balaban J connectivity index is 2.30. The molecule has 0 unspecified atom stereocenters. The van der Waals surface area contributed by atoms with Crippen molar-refractivity contribution in [3.05, 3.63) is 59.5 Å². The molecule has 84 valence electrons. The molecule has 1 nitrogen and oxygen atoms in total. The fourth-order valence-electron chi connectivity index (χ4n) is 2.17. The fraction of sp³-hybridized carbons (Fsp3) is 0.0667. The number of nitrogens with two attached hydrogens (primary N) is 1. The van der Waals surface area contributed by atoms with Crippen LogP contribution in [0.3, 0.4) is 0 Å². The zero-order valence-corrected chi connectivity index (χ0v) is 10.2. The van der Waals surface area contributed by atoms with Crippen molar-refractivity contribution in [3.8, 4) is 11.1 Å². The Labute approximate surface area is 105 Å². The lowest BCUT2D eigenvalue weighted by molar-refractivity contribution is 1.07. The van der Waals surface area contributed by atoms with E-state index in [4.69, 9.17) is 5.73 Å². The maximum atomic E-state index is 5.81. The summed E-state index contributed by atoms with van der Waals surface area (Å²) >= 11 is 1.79. The first-order valence-corrected chi connectivity index (χ1v) is 6.52. The van der Waals surface area contributed by atoms with Gasteiger partial charge in [0.2, 0.25) is 0 Å². The molecule has 2 aromatic carbocycles. The summed E-state index contributed by atoms with van der Waals surface area (Å²) in [6, 6.07) is 17.0. The highest BCUT2D eigenvalue weighted by Crippen LogP contribution is 2.34. The van der Waals surface area contributed by atoms with Crippen molar-refractivity contribution in [3.63, 3.8) is 0 Å². The number of rotatable bonds is 2. The maximum Gasteiger partial charge on any atom is 0.0421 e. The van der Waals surface area contributed by atoms with E-state index >= 15 is 0 Å². The van der Waals surface area contributed by atoms with Crippen molar-refractivity contribution in [1.82, 2.24) is 0 Å². The Hall–Kier alpha value is -1.64. The lowest BCUT2D eigenvalue weighted by Gasteiger charge is -2.08. The van der Waals surface area contributed by atoms with Gasteiger partial charge in [0.1, 0.15) is 0 Å². The van der Waals surface area contributed by atoms with Gasteiger partial charge >= 0.3 is 0 Å². The number of hydrogen-bond acceptors (Lipinski definition) is 2. The van der Waals surface area contributed by atoms with Crippen LogP contribution < -0.4 is 5.73 Å². The van der Waals surface area contributed by atoms with E-state index in [9.17, 15) is 0 Å². The molecule has 0 spiro atoms. The fourth-order valence-corrected chi connectivity index (χ4v) is 3.09. The summed E-state index contributed by atoms with van der Waals surface area (Å²) in [4.78, 5) is 0. The summed E-state index contributed by atoms with van der Waals surface area (Å²) in [6.45, 7) is 0.581. The molecule has 1 aromatic heterocycles. The van der Waals surface area contributed by atoms with Crippen LogP contribution in [0.25, 0.3) is 21.2 Å². The number of benzene rings is 2. The Morgan fingerprint density at radius 1 is 0.882 bits per heavy atom. The highest BCUT2D eigenvalue weighted by molar-refractivity contribution is 7.17. The van der Waals surface area contributed by atoms with Gasteiger partial charge in [0, 0.05) is 11.2 Å². The van der Waals surface area contributed by atoms with Gasteiger partial charge in [0.05, 0.1) is 0 Å². The van der Waals surface area contributed by atoms with Crippen LogP contribution in [-0.4, -0.2) is 0 Å². The van der Waals surface area contributed by atoms with Gasteiger partial charge in [-0.25, -0.2) is 0 Å². The van der Waals surface area contributed by atoms with Crippen LogP contribution in [0.15, 0.2) is 53.9 Å². The molecule has 3 rings (SSSR count). The van der Waals surface area contributed by atoms with Gasteiger partial charge in [-0.15, -0.1) is 11.3 Å². The first-order chi connectivity index (χ1) is 8.40. The third kappa shape index (κ3) is 1.75. The highest BCUT2D eigenvalue weighted by atomic mass is 32.1. The second-order valence-electron chi connectivity index (χ2n) is 4.01. The molecule has 0 fully saturated rings. The Morgan fingerprint density at radius 2 is 1.71 bits per heavy atom. The molecular weight excluding hydrogens is 226 g/mol. The standard InChI is InChI=1S/C15H13NS/c16-10-12-4-1-2-6-13(12)14-7-3-5-11-8-9-17-15(11)14/h1-9H,10,16H2. The molecule has 3 aromatic rings. The Bertz CT molecular complexity index is 655. The van der Waals surface area contributed by atoms with Crippen LogP contribution in [0, 0.1) is 0 Å². The average Bonchev–Trinajstić information content (AvgIpc) is 2.86. The quantitative estimate of drug-likeness (QED) is 0.718. The Morgan fingerprint density at radius 3 is 2.59 bits per heavy atom. The predicted molar refractivity (Wildman–Crippen MR) is 75.2 cm³/mol. The minimum atomic E-state index is 0.581. The van der Waals surface area contributed by atoms with E-state index in [1.165, 1.54) is 26.8 Å². The molecule has 0 saturated heterocycles. The average molecular weight is 239 g/mol. The number of hydrogen-bond donors (Lipinski definition) is 1. The van der Waals surface area contributed by atoms with Gasteiger partial charge in [-0.2, -0.15) is 0 Å². The second-order valence-corrected chi connectivity index (χ2v) is 4.92. The molecule has 2 N–H and O–H groups in total. The van der Waals surface area contributed by atoms with E-state index in [2.05, 4.69) is 47.8 Å². The lowest BCUT2D eigenvalue weighted by Crippen LogP contribution is -1.98. The van der Waals surface area contributed by atoms with Crippen LogP contribution in [0.5, 0.6) is 0 Å². The second kappa shape index (κ2) is 4.32. The molecule has 0 aliphatic rings. The molecule has 0 aliphatic carbocycles. The molecule has 1 heterocycles. The topological polar surface area (TPSA) is 26.0 Å². The van der Waals surface area contributed by atoms with E-state index in [1.54, 1.807) is 11.3 Å².